The Hall–Kier alpha value is -2.42. The van der Waals surface area contributed by atoms with Crippen molar-refractivity contribution < 1.29 is 9.59 Å². The van der Waals surface area contributed by atoms with Gasteiger partial charge in [-0.25, -0.2) is 0 Å². The Labute approximate surface area is 158 Å². The van der Waals surface area contributed by atoms with Gasteiger partial charge in [0.25, 0.3) is 5.91 Å². The number of aromatic amines is 1. The zero-order valence-electron chi connectivity index (χ0n) is 14.8. The fourth-order valence-corrected chi connectivity index (χ4v) is 2.73. The van der Waals surface area contributed by atoms with Crippen molar-refractivity contribution in [1.29, 1.82) is 0 Å². The molecule has 3 rings (SSSR count). The van der Waals surface area contributed by atoms with Crippen molar-refractivity contribution in [2.45, 2.75) is 13.0 Å². The molecule has 0 spiro atoms. The molecular weight excluding hydrogens is 356 g/mol. The van der Waals surface area contributed by atoms with Gasteiger partial charge in [0.05, 0.1) is 6.54 Å². The molecule has 0 fully saturated rings. The van der Waals surface area contributed by atoms with E-state index in [-0.39, 0.29) is 24.2 Å². The maximum atomic E-state index is 12.4. The highest BCUT2D eigenvalue weighted by atomic mass is 35.5. The number of likely N-dealkylation sites (N-methyl/N-ethyl adjacent to an activating group) is 1. The largest absolute Gasteiger partial charge is 0.325 e. The Morgan fingerprint density at radius 3 is 2.46 bits per heavy atom. The Balaban J connectivity index is 0.00000243. The van der Waals surface area contributed by atoms with Gasteiger partial charge in [-0.2, -0.15) is 5.10 Å². The second-order valence-electron chi connectivity index (χ2n) is 6.27. The van der Waals surface area contributed by atoms with Gasteiger partial charge in [-0.05, 0) is 38.4 Å². The first-order valence-corrected chi connectivity index (χ1v) is 8.16. The number of benzene rings is 1. The molecule has 0 radical (unpaired) electrons. The van der Waals surface area contributed by atoms with E-state index in [9.17, 15) is 9.59 Å². The van der Waals surface area contributed by atoms with E-state index in [1.807, 2.05) is 14.1 Å². The van der Waals surface area contributed by atoms with E-state index in [0.717, 1.165) is 24.2 Å². The van der Waals surface area contributed by atoms with E-state index in [4.69, 9.17) is 0 Å². The van der Waals surface area contributed by atoms with Crippen LogP contribution in [0.5, 0.6) is 0 Å². The highest BCUT2D eigenvalue weighted by molar-refractivity contribution is 6.04. The summed E-state index contributed by atoms with van der Waals surface area (Å²) in [5.41, 5.74) is 3.70. The number of hydrogen-bond acceptors (Lipinski definition) is 5. The molecule has 0 unspecified atom stereocenters. The second kappa shape index (κ2) is 8.79. The number of nitrogens with zero attached hydrogens (tertiary/aromatic N) is 2. The molecule has 4 N–H and O–H groups in total. The summed E-state index contributed by atoms with van der Waals surface area (Å²) in [4.78, 5) is 26.0. The van der Waals surface area contributed by atoms with Crippen LogP contribution < -0.4 is 16.0 Å². The summed E-state index contributed by atoms with van der Waals surface area (Å²) in [6, 6.07) is 7.01. The van der Waals surface area contributed by atoms with Gasteiger partial charge in [0.2, 0.25) is 5.91 Å². The molecule has 9 heteroatoms. The highest BCUT2D eigenvalue weighted by Gasteiger charge is 2.21. The van der Waals surface area contributed by atoms with Gasteiger partial charge in [-0.15, -0.1) is 12.4 Å². The number of fused-ring (bicyclic) bond motifs is 1. The Bertz CT molecular complexity index is 772. The van der Waals surface area contributed by atoms with Crippen LogP contribution in [0, 0.1) is 0 Å². The third-order valence-electron chi connectivity index (χ3n) is 3.91. The smallest absolute Gasteiger partial charge is 0.276 e. The lowest BCUT2D eigenvalue weighted by Crippen LogP contribution is -2.27. The minimum absolute atomic E-state index is 0. The summed E-state index contributed by atoms with van der Waals surface area (Å²) in [7, 11) is 3.67. The summed E-state index contributed by atoms with van der Waals surface area (Å²) < 4.78 is 0. The van der Waals surface area contributed by atoms with Crippen molar-refractivity contribution >= 4 is 35.6 Å². The lowest BCUT2D eigenvalue weighted by Gasteiger charge is -2.13. The Morgan fingerprint density at radius 2 is 1.81 bits per heavy atom. The van der Waals surface area contributed by atoms with Crippen LogP contribution in [0.25, 0.3) is 0 Å². The van der Waals surface area contributed by atoms with E-state index >= 15 is 0 Å². The van der Waals surface area contributed by atoms with Crippen LogP contribution in [0.4, 0.5) is 11.4 Å². The second-order valence-corrected chi connectivity index (χ2v) is 6.27. The molecule has 140 valence electrons. The molecule has 0 saturated carbocycles. The molecule has 2 amide bonds. The molecule has 8 nitrogen and oxygen atoms in total. The molecule has 1 aromatic carbocycles. The predicted molar refractivity (Wildman–Crippen MR) is 103 cm³/mol. The number of halogens is 1. The lowest BCUT2D eigenvalue weighted by atomic mass is 10.1. The molecule has 0 saturated heterocycles. The average Bonchev–Trinajstić information content (AvgIpc) is 3.00. The molecule has 2 aromatic rings. The van der Waals surface area contributed by atoms with Gasteiger partial charge in [-0.3, -0.25) is 14.7 Å². The summed E-state index contributed by atoms with van der Waals surface area (Å²) in [5.74, 6) is -0.331. The van der Waals surface area contributed by atoms with Gasteiger partial charge >= 0.3 is 0 Å². The normalized spacial score (nSPS) is 12.9. The lowest BCUT2D eigenvalue weighted by molar-refractivity contribution is -0.116. The summed E-state index contributed by atoms with van der Waals surface area (Å²) in [6.45, 7) is 1.85. The summed E-state index contributed by atoms with van der Waals surface area (Å²) in [6.07, 6.45) is 0.844. The van der Waals surface area contributed by atoms with Gasteiger partial charge < -0.3 is 20.9 Å². The Morgan fingerprint density at radius 1 is 1.15 bits per heavy atom. The fraction of sp³-hybridized carbons (Fsp3) is 0.353. The molecule has 1 aliphatic rings. The quantitative estimate of drug-likeness (QED) is 0.626. The third-order valence-corrected chi connectivity index (χ3v) is 3.91. The van der Waals surface area contributed by atoms with Crippen LogP contribution >= 0.6 is 12.4 Å². The zero-order chi connectivity index (χ0) is 17.8. The van der Waals surface area contributed by atoms with Crippen molar-refractivity contribution in [3.8, 4) is 0 Å². The number of carbonyl (C=O) groups excluding carboxylic acids is 2. The molecule has 26 heavy (non-hydrogen) atoms. The molecule has 1 aromatic heterocycles. The van der Waals surface area contributed by atoms with Gasteiger partial charge in [-0.1, -0.05) is 0 Å². The first-order valence-electron chi connectivity index (χ1n) is 8.16. The van der Waals surface area contributed by atoms with Crippen LogP contribution in [0.1, 0.15) is 21.7 Å². The van der Waals surface area contributed by atoms with Crippen LogP contribution in [0.15, 0.2) is 24.3 Å². The van der Waals surface area contributed by atoms with Crippen LogP contribution in [-0.4, -0.2) is 54.1 Å². The number of carbonyl (C=O) groups is 2. The number of rotatable bonds is 5. The van der Waals surface area contributed by atoms with Gasteiger partial charge in [0.15, 0.2) is 5.69 Å². The van der Waals surface area contributed by atoms with Gasteiger partial charge in [0.1, 0.15) is 0 Å². The van der Waals surface area contributed by atoms with E-state index in [1.54, 1.807) is 29.2 Å². The van der Waals surface area contributed by atoms with Crippen LogP contribution in [-0.2, 0) is 17.8 Å². The number of H-pyrrole nitrogens is 1. The fourth-order valence-electron chi connectivity index (χ4n) is 2.73. The number of hydrogen-bond donors (Lipinski definition) is 4. The maximum absolute atomic E-state index is 12.4. The minimum Gasteiger partial charge on any atom is -0.325 e. The predicted octanol–water partition coefficient (Wildman–Crippen LogP) is 1.23. The topological polar surface area (TPSA) is 102 Å². The van der Waals surface area contributed by atoms with Crippen molar-refractivity contribution in [2.24, 2.45) is 0 Å². The molecular formula is C17H23ClN6O2. The van der Waals surface area contributed by atoms with E-state index in [1.165, 1.54) is 0 Å². The van der Waals surface area contributed by atoms with Gasteiger partial charge in [0, 0.05) is 42.1 Å². The van der Waals surface area contributed by atoms with Crippen LogP contribution in [0.2, 0.25) is 0 Å². The first-order chi connectivity index (χ1) is 12.0. The zero-order valence-corrected chi connectivity index (χ0v) is 15.6. The summed E-state index contributed by atoms with van der Waals surface area (Å²) in [5, 5.41) is 16.0. The number of nitrogens with one attached hydrogen (secondary N) is 4. The summed E-state index contributed by atoms with van der Waals surface area (Å²) >= 11 is 0. The number of amides is 2. The van der Waals surface area contributed by atoms with E-state index in [0.29, 0.717) is 30.2 Å². The standard InChI is InChI=1S/C17H22N6O2.ClH/c1-23(2)10-15(24)19-11-3-5-12(6-4-11)20-17(25)16-13-9-18-8-7-14(13)21-22-16;/h3-6,18H,7-10H2,1-2H3,(H,19,24)(H,20,25)(H,21,22);1H. The van der Waals surface area contributed by atoms with Crippen molar-refractivity contribution in [3.63, 3.8) is 0 Å². The average molecular weight is 379 g/mol. The third kappa shape index (κ3) is 4.81. The SMILES string of the molecule is CN(C)CC(=O)Nc1ccc(NC(=O)c2n[nH]c3c2CNCC3)cc1.Cl. The van der Waals surface area contributed by atoms with E-state index < -0.39 is 0 Å². The number of anilines is 2. The van der Waals surface area contributed by atoms with Crippen molar-refractivity contribution in [2.75, 3.05) is 37.8 Å². The van der Waals surface area contributed by atoms with Crippen LogP contribution in [0.3, 0.4) is 0 Å². The maximum Gasteiger partial charge on any atom is 0.276 e. The molecule has 0 atom stereocenters. The van der Waals surface area contributed by atoms with Crippen molar-refractivity contribution in [1.82, 2.24) is 20.4 Å². The molecule has 2 heterocycles. The monoisotopic (exact) mass is 378 g/mol. The Kier molecular flexibility index (Phi) is 6.73. The minimum atomic E-state index is -0.245. The first kappa shape index (κ1) is 19.9. The highest BCUT2D eigenvalue weighted by Crippen LogP contribution is 2.18. The number of aromatic nitrogens is 2. The van der Waals surface area contributed by atoms with Crippen molar-refractivity contribution in [3.05, 3.63) is 41.2 Å². The molecule has 0 bridgehead atoms. The van der Waals surface area contributed by atoms with E-state index in [2.05, 4.69) is 26.1 Å². The molecule has 1 aliphatic heterocycles. The molecule has 0 aliphatic carbocycles.